The molecule has 1 aromatic carbocycles. The standard InChI is InChI=1S/C21H32ClN3O2/c1-16(2)15-19(24-20(26)17-7-9-18(22)10-8-17)21(27)23-11-6-14-25-12-4-3-5-13-25/h7-10,16,19H,3-6,11-15H2,1-2H3,(H,23,27)(H,24,26). The number of nitrogens with zero attached hydrogens (tertiary/aromatic N) is 1. The molecule has 1 aliphatic heterocycles. The predicted octanol–water partition coefficient (Wildman–Crippen LogP) is 3.48. The molecule has 1 aromatic rings. The molecule has 0 radical (unpaired) electrons. The van der Waals surface area contributed by atoms with E-state index in [1.54, 1.807) is 24.3 Å². The van der Waals surface area contributed by atoms with E-state index in [0.717, 1.165) is 13.0 Å². The summed E-state index contributed by atoms with van der Waals surface area (Å²) in [6.07, 6.45) is 5.43. The largest absolute Gasteiger partial charge is 0.354 e. The second kappa shape index (κ2) is 11.3. The van der Waals surface area contributed by atoms with Crippen LogP contribution in [0.2, 0.25) is 5.02 Å². The quantitative estimate of drug-likeness (QED) is 0.631. The maximum absolute atomic E-state index is 12.6. The maximum atomic E-state index is 12.6. The van der Waals surface area contributed by atoms with Crippen LogP contribution in [0.3, 0.4) is 0 Å². The van der Waals surface area contributed by atoms with Gasteiger partial charge in [-0.05, 0) is 75.5 Å². The Kier molecular flexibility index (Phi) is 9.08. The van der Waals surface area contributed by atoms with Gasteiger partial charge in [0.05, 0.1) is 0 Å². The van der Waals surface area contributed by atoms with Crippen LogP contribution in [0.25, 0.3) is 0 Å². The summed E-state index contributed by atoms with van der Waals surface area (Å²) in [4.78, 5) is 27.5. The van der Waals surface area contributed by atoms with Gasteiger partial charge >= 0.3 is 0 Å². The zero-order chi connectivity index (χ0) is 19.6. The third-order valence-corrected chi connectivity index (χ3v) is 5.09. The van der Waals surface area contributed by atoms with Crippen molar-refractivity contribution in [2.24, 2.45) is 5.92 Å². The smallest absolute Gasteiger partial charge is 0.251 e. The van der Waals surface area contributed by atoms with E-state index in [1.807, 2.05) is 13.8 Å². The van der Waals surface area contributed by atoms with E-state index >= 15 is 0 Å². The number of hydrogen-bond donors (Lipinski definition) is 2. The molecule has 150 valence electrons. The van der Waals surface area contributed by atoms with E-state index in [1.165, 1.54) is 32.4 Å². The van der Waals surface area contributed by atoms with Gasteiger partial charge in [0.15, 0.2) is 0 Å². The van der Waals surface area contributed by atoms with Crippen LogP contribution >= 0.6 is 11.6 Å². The SMILES string of the molecule is CC(C)CC(NC(=O)c1ccc(Cl)cc1)C(=O)NCCCN1CCCCC1. The molecule has 1 saturated heterocycles. The fraction of sp³-hybridized carbons (Fsp3) is 0.619. The Bertz CT molecular complexity index is 598. The molecule has 1 aliphatic rings. The fourth-order valence-corrected chi connectivity index (χ4v) is 3.49. The first-order valence-corrected chi connectivity index (χ1v) is 10.4. The summed E-state index contributed by atoms with van der Waals surface area (Å²) < 4.78 is 0. The second-order valence-corrected chi connectivity index (χ2v) is 8.15. The molecular weight excluding hydrogens is 362 g/mol. The summed E-state index contributed by atoms with van der Waals surface area (Å²) in [5, 5.41) is 6.44. The molecule has 0 bridgehead atoms. The van der Waals surface area contributed by atoms with Gasteiger partial charge in [-0.25, -0.2) is 0 Å². The van der Waals surface area contributed by atoms with Gasteiger partial charge < -0.3 is 15.5 Å². The Morgan fingerprint density at radius 1 is 1.11 bits per heavy atom. The summed E-state index contributed by atoms with van der Waals surface area (Å²) in [6, 6.07) is 6.16. The van der Waals surface area contributed by atoms with Crippen molar-refractivity contribution in [3.8, 4) is 0 Å². The van der Waals surface area contributed by atoms with Crippen LogP contribution in [0.5, 0.6) is 0 Å². The second-order valence-electron chi connectivity index (χ2n) is 7.71. The van der Waals surface area contributed by atoms with Crippen LogP contribution in [0.1, 0.15) is 56.3 Å². The lowest BCUT2D eigenvalue weighted by atomic mass is 10.0. The van der Waals surface area contributed by atoms with Gasteiger partial charge in [-0.1, -0.05) is 31.9 Å². The molecule has 1 atom stereocenters. The minimum atomic E-state index is -0.525. The van der Waals surface area contributed by atoms with Gasteiger partial charge in [-0.3, -0.25) is 9.59 Å². The van der Waals surface area contributed by atoms with Gasteiger partial charge in [0.2, 0.25) is 5.91 Å². The van der Waals surface area contributed by atoms with Gasteiger partial charge in [0.25, 0.3) is 5.91 Å². The first kappa shape index (κ1) is 21.7. The van der Waals surface area contributed by atoms with Crippen molar-refractivity contribution >= 4 is 23.4 Å². The molecule has 2 N–H and O–H groups in total. The summed E-state index contributed by atoms with van der Waals surface area (Å²) in [5.41, 5.74) is 0.506. The molecular formula is C21H32ClN3O2. The van der Waals surface area contributed by atoms with E-state index in [0.29, 0.717) is 29.5 Å². The topological polar surface area (TPSA) is 61.4 Å². The van der Waals surface area contributed by atoms with Crippen molar-refractivity contribution < 1.29 is 9.59 Å². The summed E-state index contributed by atoms with van der Waals surface area (Å²) in [7, 11) is 0. The fourth-order valence-electron chi connectivity index (χ4n) is 3.37. The predicted molar refractivity (Wildman–Crippen MR) is 110 cm³/mol. The molecule has 1 heterocycles. The number of halogens is 1. The lowest BCUT2D eigenvalue weighted by Crippen LogP contribution is -2.48. The van der Waals surface area contributed by atoms with Crippen LogP contribution < -0.4 is 10.6 Å². The molecule has 27 heavy (non-hydrogen) atoms. The van der Waals surface area contributed by atoms with Crippen molar-refractivity contribution in [3.05, 3.63) is 34.9 Å². The van der Waals surface area contributed by atoms with Crippen LogP contribution in [0.15, 0.2) is 24.3 Å². The summed E-state index contributed by atoms with van der Waals surface area (Å²) in [5.74, 6) is -0.0509. The first-order valence-electron chi connectivity index (χ1n) is 10.0. The average molecular weight is 394 g/mol. The molecule has 0 saturated carbocycles. The highest BCUT2D eigenvalue weighted by atomic mass is 35.5. The normalized spacial score (nSPS) is 16.1. The summed E-state index contributed by atoms with van der Waals surface area (Å²) in [6.45, 7) is 8.09. The number of carbonyl (C=O) groups excluding carboxylic acids is 2. The third kappa shape index (κ3) is 7.89. The number of nitrogens with one attached hydrogen (secondary N) is 2. The molecule has 0 spiro atoms. The molecule has 6 heteroatoms. The third-order valence-electron chi connectivity index (χ3n) is 4.83. The average Bonchev–Trinajstić information content (AvgIpc) is 2.65. The van der Waals surface area contributed by atoms with Crippen LogP contribution in [0, 0.1) is 5.92 Å². The Morgan fingerprint density at radius 2 is 1.78 bits per heavy atom. The minimum Gasteiger partial charge on any atom is -0.354 e. The monoisotopic (exact) mass is 393 g/mol. The number of rotatable bonds is 9. The minimum absolute atomic E-state index is 0.107. The summed E-state index contributed by atoms with van der Waals surface area (Å²) >= 11 is 5.87. The molecule has 2 amide bonds. The molecule has 0 aliphatic carbocycles. The van der Waals surface area contributed by atoms with E-state index in [2.05, 4.69) is 15.5 Å². The Hall–Kier alpha value is -1.59. The molecule has 1 unspecified atom stereocenters. The highest BCUT2D eigenvalue weighted by Crippen LogP contribution is 2.11. The highest BCUT2D eigenvalue weighted by molar-refractivity contribution is 6.30. The van der Waals surface area contributed by atoms with E-state index in [-0.39, 0.29) is 11.8 Å². The zero-order valence-electron chi connectivity index (χ0n) is 16.5. The van der Waals surface area contributed by atoms with Crippen LogP contribution in [-0.2, 0) is 4.79 Å². The Balaban J connectivity index is 1.81. The van der Waals surface area contributed by atoms with Crippen molar-refractivity contribution in [1.82, 2.24) is 15.5 Å². The number of likely N-dealkylation sites (tertiary alicyclic amines) is 1. The highest BCUT2D eigenvalue weighted by Gasteiger charge is 2.22. The first-order chi connectivity index (χ1) is 13.0. The Morgan fingerprint density at radius 3 is 2.41 bits per heavy atom. The zero-order valence-corrected chi connectivity index (χ0v) is 17.2. The van der Waals surface area contributed by atoms with Gasteiger partial charge in [0, 0.05) is 17.1 Å². The van der Waals surface area contributed by atoms with E-state index in [9.17, 15) is 9.59 Å². The van der Waals surface area contributed by atoms with Crippen molar-refractivity contribution in [3.63, 3.8) is 0 Å². The number of benzene rings is 1. The lowest BCUT2D eigenvalue weighted by Gasteiger charge is -2.26. The number of hydrogen-bond acceptors (Lipinski definition) is 3. The van der Waals surface area contributed by atoms with Crippen molar-refractivity contribution in [1.29, 1.82) is 0 Å². The van der Waals surface area contributed by atoms with Gasteiger partial charge in [-0.2, -0.15) is 0 Å². The number of carbonyl (C=O) groups is 2. The van der Waals surface area contributed by atoms with Gasteiger partial charge in [-0.15, -0.1) is 0 Å². The lowest BCUT2D eigenvalue weighted by molar-refractivity contribution is -0.123. The number of piperidine rings is 1. The number of amides is 2. The molecule has 0 aromatic heterocycles. The van der Waals surface area contributed by atoms with E-state index < -0.39 is 6.04 Å². The van der Waals surface area contributed by atoms with E-state index in [4.69, 9.17) is 11.6 Å². The Labute approximate surface area is 167 Å². The van der Waals surface area contributed by atoms with Crippen molar-refractivity contribution in [2.75, 3.05) is 26.2 Å². The van der Waals surface area contributed by atoms with Gasteiger partial charge in [0.1, 0.15) is 6.04 Å². The molecule has 1 fully saturated rings. The van der Waals surface area contributed by atoms with Crippen LogP contribution in [0.4, 0.5) is 0 Å². The molecule has 2 rings (SSSR count). The van der Waals surface area contributed by atoms with Crippen LogP contribution in [-0.4, -0.2) is 48.9 Å². The molecule has 5 nitrogen and oxygen atoms in total. The van der Waals surface area contributed by atoms with Crippen molar-refractivity contribution in [2.45, 2.75) is 52.0 Å². The maximum Gasteiger partial charge on any atom is 0.251 e.